The van der Waals surface area contributed by atoms with E-state index in [0.717, 1.165) is 0 Å². The van der Waals surface area contributed by atoms with E-state index in [1.54, 1.807) is 62.4 Å². The maximum atomic E-state index is 13.8. The summed E-state index contributed by atoms with van der Waals surface area (Å²) in [5.74, 6) is -0.483. The number of carbonyl (C=O) groups excluding carboxylic acids is 1. The van der Waals surface area contributed by atoms with Crippen LogP contribution in [0.2, 0.25) is 0 Å². The van der Waals surface area contributed by atoms with Crippen LogP contribution in [0.3, 0.4) is 0 Å². The molecule has 3 rings (SSSR count). The minimum Gasteiger partial charge on any atom is -0.497 e. The normalized spacial score (nSPS) is 11.9. The van der Waals surface area contributed by atoms with E-state index in [1.165, 1.54) is 27.4 Å². The van der Waals surface area contributed by atoms with Gasteiger partial charge in [-0.3, -0.25) is 9.36 Å². The predicted octanol–water partition coefficient (Wildman–Crippen LogP) is 4.99. The van der Waals surface area contributed by atoms with Crippen LogP contribution in [-0.2, 0) is 13.6 Å². The summed E-state index contributed by atoms with van der Waals surface area (Å²) >= 11 is 0. The molecule has 1 amide bonds. The number of hydrogen-bond acceptors (Lipinski definition) is 10. The van der Waals surface area contributed by atoms with Gasteiger partial charge in [0.15, 0.2) is 5.78 Å². The van der Waals surface area contributed by atoms with Gasteiger partial charge in [0.05, 0.1) is 46.2 Å². The van der Waals surface area contributed by atoms with Crippen LogP contribution in [-0.4, -0.2) is 50.4 Å². The Morgan fingerprint density at radius 2 is 1.49 bits per heavy atom. The minimum absolute atomic E-state index is 0.0857. The van der Waals surface area contributed by atoms with Crippen molar-refractivity contribution in [3.63, 3.8) is 0 Å². The first-order valence-electron chi connectivity index (χ1n) is 11.4. The van der Waals surface area contributed by atoms with E-state index in [-0.39, 0.29) is 42.3 Å². The first-order valence-corrected chi connectivity index (χ1v) is 13.1. The number of carbonyl (C=O) groups is 1. The van der Waals surface area contributed by atoms with Crippen LogP contribution in [0.15, 0.2) is 54.6 Å². The molecule has 0 aliphatic rings. The zero-order chi connectivity index (χ0) is 26.8. The fourth-order valence-corrected chi connectivity index (χ4v) is 5.26. The molecule has 0 aliphatic carbocycles. The SMILES string of the molecule is CCOP(=O)(OCC)C(NC(=O)c1ccccc1Oc1nc(OC)cc(OC)n1)c1ccc(OC)cc1. The Hall–Kier alpha value is -3.66. The maximum Gasteiger partial charge on any atom is 0.357 e. The molecule has 1 N–H and O–H groups in total. The largest absolute Gasteiger partial charge is 0.497 e. The number of aromatic nitrogens is 2. The maximum absolute atomic E-state index is 13.8. The van der Waals surface area contributed by atoms with E-state index >= 15 is 0 Å². The summed E-state index contributed by atoms with van der Waals surface area (Å²) in [6, 6.07) is 14.7. The highest BCUT2D eigenvalue weighted by molar-refractivity contribution is 7.54. The van der Waals surface area contributed by atoms with Gasteiger partial charge in [0.1, 0.15) is 11.5 Å². The molecule has 1 heterocycles. The van der Waals surface area contributed by atoms with Crippen LogP contribution in [0.5, 0.6) is 29.3 Å². The van der Waals surface area contributed by atoms with Gasteiger partial charge >= 0.3 is 13.6 Å². The van der Waals surface area contributed by atoms with Gasteiger partial charge in [-0.15, -0.1) is 0 Å². The van der Waals surface area contributed by atoms with Crippen LogP contribution in [0.4, 0.5) is 0 Å². The monoisotopic (exact) mass is 531 g/mol. The van der Waals surface area contributed by atoms with E-state index in [0.29, 0.717) is 11.3 Å². The predicted molar refractivity (Wildman–Crippen MR) is 136 cm³/mol. The third kappa shape index (κ3) is 6.97. The van der Waals surface area contributed by atoms with Crippen LogP contribution in [0.25, 0.3) is 0 Å². The summed E-state index contributed by atoms with van der Waals surface area (Å²) in [6.07, 6.45) is 0. The average Bonchev–Trinajstić information content (AvgIpc) is 2.92. The van der Waals surface area contributed by atoms with Crippen molar-refractivity contribution in [2.75, 3.05) is 34.5 Å². The summed E-state index contributed by atoms with van der Waals surface area (Å²) in [5.41, 5.74) is 0.657. The standard InChI is InChI=1S/C25H30N3O8P/c1-6-34-37(30,35-7-2)24(17-12-14-18(31-3)15-13-17)28-23(29)19-10-8-9-11-20(19)36-25-26-21(32-4)16-22(27-25)33-5/h8-16,24H,6-7H2,1-5H3,(H,28,29). The zero-order valence-electron chi connectivity index (χ0n) is 21.3. The lowest BCUT2D eigenvalue weighted by molar-refractivity contribution is 0.0934. The van der Waals surface area contributed by atoms with Gasteiger partial charge in [-0.05, 0) is 43.7 Å². The van der Waals surface area contributed by atoms with Gasteiger partial charge < -0.3 is 33.3 Å². The Morgan fingerprint density at radius 1 is 0.892 bits per heavy atom. The van der Waals surface area contributed by atoms with Gasteiger partial charge in [-0.25, -0.2) is 0 Å². The fraction of sp³-hybridized carbons (Fsp3) is 0.320. The van der Waals surface area contributed by atoms with E-state index in [9.17, 15) is 9.36 Å². The molecule has 12 heteroatoms. The second-order valence-electron chi connectivity index (χ2n) is 7.36. The number of ether oxygens (including phenoxy) is 4. The van der Waals surface area contributed by atoms with Crippen molar-refractivity contribution in [1.29, 1.82) is 0 Å². The number of nitrogens with zero attached hydrogens (tertiary/aromatic N) is 2. The highest BCUT2D eigenvalue weighted by atomic mass is 31.2. The molecule has 1 unspecified atom stereocenters. The molecule has 0 radical (unpaired) electrons. The quantitative estimate of drug-likeness (QED) is 0.301. The Bertz CT molecular complexity index is 1210. The number of rotatable bonds is 13. The third-order valence-corrected chi connectivity index (χ3v) is 7.34. The smallest absolute Gasteiger partial charge is 0.357 e. The number of hydrogen-bond donors (Lipinski definition) is 1. The second-order valence-corrected chi connectivity index (χ2v) is 9.47. The van der Waals surface area contributed by atoms with Gasteiger partial charge in [0.25, 0.3) is 5.91 Å². The first kappa shape index (κ1) is 27.9. The summed E-state index contributed by atoms with van der Waals surface area (Å²) in [6.45, 7) is 3.64. The molecule has 0 aliphatic heterocycles. The molecule has 0 bridgehead atoms. The van der Waals surface area contributed by atoms with Gasteiger partial charge in [0.2, 0.25) is 11.8 Å². The average molecular weight is 532 g/mol. The molecule has 2 aromatic carbocycles. The molecule has 0 saturated heterocycles. The Kier molecular flexibility index (Phi) is 9.85. The van der Waals surface area contributed by atoms with Crippen molar-refractivity contribution in [3.05, 3.63) is 65.7 Å². The lowest BCUT2D eigenvalue weighted by Crippen LogP contribution is -2.30. The minimum atomic E-state index is -3.82. The molecule has 3 aromatic rings. The first-order chi connectivity index (χ1) is 17.9. The van der Waals surface area contributed by atoms with Gasteiger partial charge in [-0.2, -0.15) is 9.97 Å². The molecule has 0 fully saturated rings. The number of benzene rings is 2. The van der Waals surface area contributed by atoms with Crippen molar-refractivity contribution in [1.82, 2.24) is 15.3 Å². The third-order valence-electron chi connectivity index (χ3n) is 5.04. The number of nitrogens with one attached hydrogen (secondary N) is 1. The Labute approximate surface area is 215 Å². The molecular weight excluding hydrogens is 501 g/mol. The summed E-state index contributed by atoms with van der Waals surface area (Å²) in [7, 11) is 0.608. The van der Waals surface area contributed by atoms with Crippen molar-refractivity contribution in [2.45, 2.75) is 19.6 Å². The fourth-order valence-electron chi connectivity index (χ4n) is 3.36. The molecule has 198 valence electrons. The summed E-state index contributed by atoms with van der Waals surface area (Å²) in [4.78, 5) is 21.8. The van der Waals surface area contributed by atoms with E-state index in [1.807, 2.05) is 0 Å². The Balaban J connectivity index is 1.97. The molecular formula is C25H30N3O8P. The van der Waals surface area contributed by atoms with Crippen LogP contribution < -0.4 is 24.3 Å². The van der Waals surface area contributed by atoms with Crippen LogP contribution in [0, 0.1) is 0 Å². The molecule has 11 nitrogen and oxygen atoms in total. The van der Waals surface area contributed by atoms with Crippen molar-refractivity contribution in [2.24, 2.45) is 0 Å². The topological polar surface area (TPSA) is 127 Å². The summed E-state index contributed by atoms with van der Waals surface area (Å²) < 4.78 is 46.3. The zero-order valence-corrected chi connectivity index (χ0v) is 22.2. The van der Waals surface area contributed by atoms with Crippen LogP contribution in [0.1, 0.15) is 35.6 Å². The lowest BCUT2D eigenvalue weighted by Gasteiger charge is -2.27. The molecule has 0 saturated carbocycles. The van der Waals surface area contributed by atoms with Gasteiger partial charge in [-0.1, -0.05) is 24.3 Å². The number of para-hydroxylation sites is 1. The highest BCUT2D eigenvalue weighted by Gasteiger charge is 2.38. The van der Waals surface area contributed by atoms with E-state index in [2.05, 4.69) is 15.3 Å². The lowest BCUT2D eigenvalue weighted by atomic mass is 10.1. The second kappa shape index (κ2) is 13.0. The van der Waals surface area contributed by atoms with Gasteiger partial charge in [0, 0.05) is 0 Å². The van der Waals surface area contributed by atoms with Crippen molar-refractivity contribution in [3.8, 4) is 29.3 Å². The molecule has 37 heavy (non-hydrogen) atoms. The molecule has 1 aromatic heterocycles. The van der Waals surface area contributed by atoms with Crippen molar-refractivity contribution >= 4 is 13.5 Å². The number of methoxy groups -OCH3 is 3. The highest BCUT2D eigenvalue weighted by Crippen LogP contribution is 2.59. The Morgan fingerprint density at radius 3 is 2.03 bits per heavy atom. The summed E-state index contributed by atoms with van der Waals surface area (Å²) in [5, 5.41) is 2.81. The molecule has 1 atom stereocenters. The van der Waals surface area contributed by atoms with E-state index < -0.39 is 19.3 Å². The molecule has 0 spiro atoms. The number of amides is 1. The van der Waals surface area contributed by atoms with Crippen molar-refractivity contribution < 1.29 is 37.4 Å². The van der Waals surface area contributed by atoms with Crippen LogP contribution >= 0.6 is 7.60 Å². The van der Waals surface area contributed by atoms with E-state index in [4.69, 9.17) is 28.0 Å².